The van der Waals surface area contributed by atoms with E-state index < -0.39 is 16.9 Å². The third-order valence-corrected chi connectivity index (χ3v) is 4.15. The van der Waals surface area contributed by atoms with Crippen molar-refractivity contribution < 1.29 is 14.5 Å². The van der Waals surface area contributed by atoms with Crippen LogP contribution in [-0.2, 0) is 9.53 Å². The number of aliphatic imine (C=N–C) groups is 1. The van der Waals surface area contributed by atoms with Gasteiger partial charge in [-0.1, -0.05) is 30.3 Å². The monoisotopic (exact) mass is 365 g/mol. The van der Waals surface area contributed by atoms with Crippen LogP contribution in [0.5, 0.6) is 0 Å². The van der Waals surface area contributed by atoms with E-state index in [4.69, 9.17) is 4.74 Å². The lowest BCUT2D eigenvalue weighted by Gasteiger charge is -2.26. The quantitative estimate of drug-likeness (QED) is 0.496. The predicted molar refractivity (Wildman–Crippen MR) is 102 cm³/mol. The third-order valence-electron chi connectivity index (χ3n) is 4.15. The molecule has 2 aromatic carbocycles. The molecule has 27 heavy (non-hydrogen) atoms. The van der Waals surface area contributed by atoms with Crippen LogP contribution in [0.25, 0.3) is 5.70 Å². The lowest BCUT2D eigenvalue weighted by molar-refractivity contribution is -0.384. The lowest BCUT2D eigenvalue weighted by atomic mass is 9.93. The molecule has 7 nitrogen and oxygen atoms in total. The summed E-state index contributed by atoms with van der Waals surface area (Å²) < 4.78 is 5.27. The molecular formula is C20H19N3O4. The molecule has 0 amide bonds. The molecule has 1 unspecified atom stereocenters. The maximum atomic E-state index is 12.7. The van der Waals surface area contributed by atoms with E-state index in [1.54, 1.807) is 19.1 Å². The first-order chi connectivity index (χ1) is 13.0. The lowest BCUT2D eigenvalue weighted by Crippen LogP contribution is -2.30. The number of hydrogen-bond donors (Lipinski definition) is 1. The van der Waals surface area contributed by atoms with Gasteiger partial charge in [-0.25, -0.2) is 4.79 Å². The van der Waals surface area contributed by atoms with Gasteiger partial charge in [0.15, 0.2) is 0 Å². The number of non-ortho nitro benzene ring substituents is 1. The van der Waals surface area contributed by atoms with Crippen molar-refractivity contribution in [1.29, 1.82) is 0 Å². The number of nitro benzene ring substituents is 1. The second-order valence-electron chi connectivity index (χ2n) is 5.97. The number of amidine groups is 1. The molecule has 0 radical (unpaired) electrons. The van der Waals surface area contributed by atoms with E-state index in [1.165, 1.54) is 12.1 Å². The first kappa shape index (κ1) is 18.3. The summed E-state index contributed by atoms with van der Waals surface area (Å²) in [6.07, 6.45) is 0. The van der Waals surface area contributed by atoms with E-state index in [0.717, 1.165) is 5.56 Å². The fraction of sp³-hybridized carbons (Fsp3) is 0.200. The van der Waals surface area contributed by atoms with Gasteiger partial charge in [-0.05, 0) is 37.1 Å². The highest BCUT2D eigenvalue weighted by Gasteiger charge is 2.31. The first-order valence-corrected chi connectivity index (χ1v) is 8.53. The number of nitrogens with zero attached hydrogens (tertiary/aromatic N) is 2. The number of nitrogens with one attached hydrogen (secondary N) is 1. The maximum Gasteiger partial charge on any atom is 0.338 e. The first-order valence-electron chi connectivity index (χ1n) is 8.53. The summed E-state index contributed by atoms with van der Waals surface area (Å²) in [5.41, 5.74) is 2.42. The molecular weight excluding hydrogens is 346 g/mol. The van der Waals surface area contributed by atoms with Crippen LogP contribution in [0.4, 0.5) is 5.69 Å². The molecule has 0 aliphatic carbocycles. The van der Waals surface area contributed by atoms with Gasteiger partial charge in [-0.2, -0.15) is 0 Å². The zero-order chi connectivity index (χ0) is 19.4. The van der Waals surface area contributed by atoms with Crippen molar-refractivity contribution in [2.75, 3.05) is 6.61 Å². The number of carbonyl (C=O) groups is 1. The van der Waals surface area contributed by atoms with Crippen molar-refractivity contribution in [3.8, 4) is 0 Å². The molecule has 3 rings (SSSR count). The molecule has 0 saturated carbocycles. The highest BCUT2D eigenvalue weighted by molar-refractivity contribution is 6.04. The van der Waals surface area contributed by atoms with Crippen molar-refractivity contribution in [2.24, 2.45) is 4.99 Å². The summed E-state index contributed by atoms with van der Waals surface area (Å²) in [4.78, 5) is 27.8. The topological polar surface area (TPSA) is 93.8 Å². The van der Waals surface area contributed by atoms with Crippen molar-refractivity contribution in [3.05, 3.63) is 81.4 Å². The van der Waals surface area contributed by atoms with E-state index in [2.05, 4.69) is 10.3 Å². The summed E-state index contributed by atoms with van der Waals surface area (Å²) in [5.74, 6) is 0.175. The van der Waals surface area contributed by atoms with Crippen LogP contribution < -0.4 is 5.32 Å². The smallest absolute Gasteiger partial charge is 0.338 e. The van der Waals surface area contributed by atoms with Crippen LogP contribution >= 0.6 is 0 Å². The summed E-state index contributed by atoms with van der Waals surface area (Å²) >= 11 is 0. The number of ether oxygens (including phenoxy) is 1. The van der Waals surface area contributed by atoms with Crippen LogP contribution in [0.2, 0.25) is 0 Å². The van der Waals surface area contributed by atoms with Gasteiger partial charge in [-0.3, -0.25) is 15.1 Å². The third kappa shape index (κ3) is 3.87. The molecule has 1 N–H and O–H groups in total. The normalized spacial score (nSPS) is 16.4. The molecule has 1 aliphatic rings. The van der Waals surface area contributed by atoms with Crippen LogP contribution in [0, 0.1) is 10.1 Å². The molecule has 7 heteroatoms. The number of hydrogen-bond acceptors (Lipinski definition) is 6. The maximum absolute atomic E-state index is 12.7. The predicted octanol–water partition coefficient (Wildman–Crippen LogP) is 3.63. The van der Waals surface area contributed by atoms with Crippen molar-refractivity contribution in [2.45, 2.75) is 19.9 Å². The van der Waals surface area contributed by atoms with E-state index in [0.29, 0.717) is 22.7 Å². The molecule has 1 heterocycles. The fourth-order valence-electron chi connectivity index (χ4n) is 2.95. The average molecular weight is 365 g/mol. The van der Waals surface area contributed by atoms with Crippen LogP contribution in [-0.4, -0.2) is 23.3 Å². The van der Waals surface area contributed by atoms with Gasteiger partial charge in [0, 0.05) is 12.1 Å². The minimum absolute atomic E-state index is 0.0159. The van der Waals surface area contributed by atoms with Crippen LogP contribution in [0.3, 0.4) is 0 Å². The Kier molecular flexibility index (Phi) is 5.30. The van der Waals surface area contributed by atoms with E-state index in [9.17, 15) is 14.9 Å². The van der Waals surface area contributed by atoms with Crippen LogP contribution in [0.15, 0.2) is 65.2 Å². The van der Waals surface area contributed by atoms with E-state index in [1.807, 2.05) is 37.3 Å². The standard InChI is InChI=1S/C20H19N3O4/c1-3-27-20(24)17-18(14-7-5-4-6-8-14)21-13(2)22-19(17)15-9-11-16(12-10-15)23(25)26/h4-12,18H,3H2,1-2H3,(H,21,22). The van der Waals surface area contributed by atoms with Crippen molar-refractivity contribution in [1.82, 2.24) is 5.32 Å². The molecule has 1 atom stereocenters. The molecule has 0 spiro atoms. The number of nitro groups is 1. The average Bonchev–Trinajstić information content (AvgIpc) is 2.68. The van der Waals surface area contributed by atoms with E-state index >= 15 is 0 Å². The number of benzene rings is 2. The van der Waals surface area contributed by atoms with Crippen molar-refractivity contribution >= 4 is 23.2 Å². The van der Waals surface area contributed by atoms with Gasteiger partial charge in [0.25, 0.3) is 5.69 Å². The highest BCUT2D eigenvalue weighted by atomic mass is 16.6. The fourth-order valence-corrected chi connectivity index (χ4v) is 2.95. The summed E-state index contributed by atoms with van der Waals surface area (Å²) in [7, 11) is 0. The molecule has 138 valence electrons. The summed E-state index contributed by atoms with van der Waals surface area (Å²) in [6, 6.07) is 15.0. The SMILES string of the molecule is CCOC(=O)C1=C(c2ccc([N+](=O)[O-])cc2)NC(C)=NC1c1ccccc1. The minimum Gasteiger partial charge on any atom is -0.463 e. The van der Waals surface area contributed by atoms with Gasteiger partial charge >= 0.3 is 5.97 Å². The summed E-state index contributed by atoms with van der Waals surface area (Å²) in [6.45, 7) is 3.79. The van der Waals surface area contributed by atoms with Gasteiger partial charge in [0.2, 0.25) is 0 Å². The molecule has 0 aromatic heterocycles. The van der Waals surface area contributed by atoms with Gasteiger partial charge < -0.3 is 10.1 Å². The second-order valence-corrected chi connectivity index (χ2v) is 5.97. The Labute approximate surface area is 156 Å². The summed E-state index contributed by atoms with van der Waals surface area (Å²) in [5, 5.41) is 14.0. The number of rotatable bonds is 5. The number of carbonyl (C=O) groups excluding carboxylic acids is 1. The van der Waals surface area contributed by atoms with Gasteiger partial charge in [-0.15, -0.1) is 0 Å². The second kappa shape index (κ2) is 7.82. The number of esters is 1. The minimum atomic E-state index is -0.517. The Morgan fingerprint density at radius 2 is 1.85 bits per heavy atom. The molecule has 0 bridgehead atoms. The van der Waals surface area contributed by atoms with E-state index in [-0.39, 0.29) is 12.3 Å². The Bertz CT molecular complexity index is 918. The Hall–Kier alpha value is -3.48. The van der Waals surface area contributed by atoms with Gasteiger partial charge in [0.05, 0.1) is 28.6 Å². The molecule has 2 aromatic rings. The Morgan fingerprint density at radius 3 is 2.44 bits per heavy atom. The molecule has 1 aliphatic heterocycles. The largest absolute Gasteiger partial charge is 0.463 e. The zero-order valence-corrected chi connectivity index (χ0v) is 15.0. The molecule has 0 saturated heterocycles. The Morgan fingerprint density at radius 1 is 1.19 bits per heavy atom. The van der Waals surface area contributed by atoms with Crippen molar-refractivity contribution in [3.63, 3.8) is 0 Å². The Balaban J connectivity index is 2.15. The van der Waals surface area contributed by atoms with Gasteiger partial charge in [0.1, 0.15) is 6.04 Å². The highest BCUT2D eigenvalue weighted by Crippen LogP contribution is 2.35. The zero-order valence-electron chi connectivity index (χ0n) is 15.0. The molecule has 0 fully saturated rings. The van der Waals surface area contributed by atoms with Crippen LogP contribution in [0.1, 0.15) is 31.0 Å².